The highest BCUT2D eigenvalue weighted by Crippen LogP contribution is 2.27. The predicted molar refractivity (Wildman–Crippen MR) is 111 cm³/mol. The summed E-state index contributed by atoms with van der Waals surface area (Å²) in [5.41, 5.74) is 2.84. The van der Waals surface area contributed by atoms with E-state index in [2.05, 4.69) is 15.1 Å². The molecule has 27 heavy (non-hydrogen) atoms. The van der Waals surface area contributed by atoms with Crippen molar-refractivity contribution in [3.05, 3.63) is 53.1 Å². The SMILES string of the molecule is COc1ccc(C)cc1NC(=O)[C@@H](C)N1CCN(c2ccccc2Cl)CC1. The Kier molecular flexibility index (Phi) is 6.24. The number of methoxy groups -OCH3 is 1. The predicted octanol–water partition coefficient (Wildman–Crippen LogP) is 3.81. The van der Waals surface area contributed by atoms with Crippen LogP contribution in [0.5, 0.6) is 5.75 Å². The highest BCUT2D eigenvalue weighted by molar-refractivity contribution is 6.33. The van der Waals surface area contributed by atoms with Gasteiger partial charge in [0.05, 0.1) is 29.5 Å². The minimum Gasteiger partial charge on any atom is -0.495 e. The number of hydrogen-bond donors (Lipinski definition) is 1. The third kappa shape index (κ3) is 4.54. The van der Waals surface area contributed by atoms with E-state index in [0.717, 1.165) is 42.5 Å². The third-order valence-corrected chi connectivity index (χ3v) is 5.37. The average molecular weight is 388 g/mol. The number of ether oxygens (including phenoxy) is 1. The number of rotatable bonds is 5. The monoisotopic (exact) mass is 387 g/mol. The standard InChI is InChI=1S/C21H26ClN3O2/c1-15-8-9-20(27-3)18(14-15)23-21(26)16(2)24-10-12-25(13-11-24)19-7-5-4-6-17(19)22/h4-9,14,16H,10-13H2,1-3H3,(H,23,26)/t16-/m1/s1. The zero-order valence-electron chi connectivity index (χ0n) is 16.0. The number of anilines is 2. The zero-order valence-corrected chi connectivity index (χ0v) is 16.8. The topological polar surface area (TPSA) is 44.8 Å². The normalized spacial score (nSPS) is 16.1. The largest absolute Gasteiger partial charge is 0.495 e. The van der Waals surface area contributed by atoms with Gasteiger partial charge in [-0.25, -0.2) is 0 Å². The van der Waals surface area contributed by atoms with E-state index in [-0.39, 0.29) is 11.9 Å². The highest BCUT2D eigenvalue weighted by Gasteiger charge is 2.26. The quantitative estimate of drug-likeness (QED) is 0.847. The molecule has 2 aromatic carbocycles. The van der Waals surface area contributed by atoms with Crippen molar-refractivity contribution in [1.29, 1.82) is 0 Å². The lowest BCUT2D eigenvalue weighted by Gasteiger charge is -2.38. The minimum atomic E-state index is -0.219. The number of carbonyl (C=O) groups is 1. The number of nitrogens with one attached hydrogen (secondary N) is 1. The van der Waals surface area contributed by atoms with E-state index >= 15 is 0 Å². The zero-order chi connectivity index (χ0) is 19.4. The Bertz CT molecular complexity index is 804. The minimum absolute atomic E-state index is 0.0231. The smallest absolute Gasteiger partial charge is 0.241 e. The molecule has 0 saturated carbocycles. The van der Waals surface area contributed by atoms with Gasteiger partial charge in [-0.15, -0.1) is 0 Å². The number of carbonyl (C=O) groups excluding carboxylic acids is 1. The summed E-state index contributed by atoms with van der Waals surface area (Å²) in [6.07, 6.45) is 0. The Morgan fingerprint density at radius 2 is 1.85 bits per heavy atom. The van der Waals surface area contributed by atoms with Crippen LogP contribution in [0.2, 0.25) is 5.02 Å². The summed E-state index contributed by atoms with van der Waals surface area (Å²) >= 11 is 6.31. The van der Waals surface area contributed by atoms with E-state index in [4.69, 9.17) is 16.3 Å². The van der Waals surface area contributed by atoms with Crippen molar-refractivity contribution in [2.24, 2.45) is 0 Å². The summed E-state index contributed by atoms with van der Waals surface area (Å²) in [5, 5.41) is 3.78. The highest BCUT2D eigenvalue weighted by atomic mass is 35.5. The van der Waals surface area contributed by atoms with Crippen molar-refractivity contribution >= 4 is 28.9 Å². The maximum atomic E-state index is 12.8. The summed E-state index contributed by atoms with van der Waals surface area (Å²) in [7, 11) is 1.61. The lowest BCUT2D eigenvalue weighted by Crippen LogP contribution is -2.52. The van der Waals surface area contributed by atoms with Crippen LogP contribution in [-0.4, -0.2) is 50.1 Å². The number of aryl methyl sites for hydroxylation is 1. The molecule has 0 spiro atoms. The van der Waals surface area contributed by atoms with Crippen LogP contribution in [0.4, 0.5) is 11.4 Å². The Morgan fingerprint density at radius 3 is 2.52 bits per heavy atom. The van der Waals surface area contributed by atoms with Crippen LogP contribution < -0.4 is 15.0 Å². The number of benzene rings is 2. The molecule has 1 N–H and O–H groups in total. The first-order chi connectivity index (χ1) is 13.0. The Labute approximate surface area is 165 Å². The molecule has 1 amide bonds. The maximum absolute atomic E-state index is 12.8. The van der Waals surface area contributed by atoms with Gasteiger partial charge < -0.3 is 15.0 Å². The van der Waals surface area contributed by atoms with Crippen LogP contribution in [0.1, 0.15) is 12.5 Å². The molecule has 1 fully saturated rings. The summed E-state index contributed by atoms with van der Waals surface area (Å²) in [4.78, 5) is 17.2. The van der Waals surface area contributed by atoms with Crippen LogP contribution in [0.25, 0.3) is 0 Å². The second-order valence-corrected chi connectivity index (χ2v) is 7.25. The number of para-hydroxylation sites is 1. The summed E-state index contributed by atoms with van der Waals surface area (Å²) < 4.78 is 5.35. The van der Waals surface area contributed by atoms with E-state index < -0.39 is 0 Å². The summed E-state index contributed by atoms with van der Waals surface area (Å²) in [6.45, 7) is 7.25. The van der Waals surface area contributed by atoms with Crippen LogP contribution >= 0.6 is 11.6 Å². The van der Waals surface area contributed by atoms with Gasteiger partial charge in [0.1, 0.15) is 5.75 Å². The third-order valence-electron chi connectivity index (χ3n) is 5.05. The number of nitrogens with zero attached hydrogens (tertiary/aromatic N) is 2. The number of hydrogen-bond acceptors (Lipinski definition) is 4. The molecule has 1 saturated heterocycles. The molecule has 0 bridgehead atoms. The van der Waals surface area contributed by atoms with E-state index in [9.17, 15) is 4.79 Å². The van der Waals surface area contributed by atoms with Crippen molar-refractivity contribution in [2.75, 3.05) is 43.5 Å². The van der Waals surface area contributed by atoms with Crippen LogP contribution in [0.15, 0.2) is 42.5 Å². The van der Waals surface area contributed by atoms with Gasteiger partial charge in [-0.3, -0.25) is 9.69 Å². The molecular weight excluding hydrogens is 362 g/mol. The summed E-state index contributed by atoms with van der Waals surface area (Å²) in [5.74, 6) is 0.648. The van der Waals surface area contributed by atoms with Gasteiger partial charge in [0, 0.05) is 26.2 Å². The fourth-order valence-corrected chi connectivity index (χ4v) is 3.64. The van der Waals surface area contributed by atoms with Gasteiger partial charge in [0.2, 0.25) is 5.91 Å². The number of amides is 1. The molecule has 144 valence electrons. The first kappa shape index (κ1) is 19.5. The van der Waals surface area contributed by atoms with Gasteiger partial charge in [-0.1, -0.05) is 29.8 Å². The van der Waals surface area contributed by atoms with Crippen LogP contribution in [-0.2, 0) is 4.79 Å². The van der Waals surface area contributed by atoms with Crippen molar-refractivity contribution in [1.82, 2.24) is 4.90 Å². The molecule has 0 unspecified atom stereocenters. The molecule has 1 aliphatic rings. The molecule has 0 radical (unpaired) electrons. The summed E-state index contributed by atoms with van der Waals surface area (Å²) in [6, 6.07) is 13.4. The molecule has 1 atom stereocenters. The van der Waals surface area contributed by atoms with Gasteiger partial charge in [-0.2, -0.15) is 0 Å². The molecule has 1 aliphatic heterocycles. The maximum Gasteiger partial charge on any atom is 0.241 e. The fourth-order valence-electron chi connectivity index (χ4n) is 3.38. The van der Waals surface area contributed by atoms with E-state index in [1.807, 2.05) is 56.3 Å². The van der Waals surface area contributed by atoms with Crippen LogP contribution in [0, 0.1) is 6.92 Å². The molecule has 5 nitrogen and oxygen atoms in total. The Morgan fingerprint density at radius 1 is 1.15 bits per heavy atom. The Balaban J connectivity index is 1.61. The molecular formula is C21H26ClN3O2. The molecule has 0 aromatic heterocycles. The molecule has 3 rings (SSSR count). The van der Waals surface area contributed by atoms with Gasteiger partial charge in [0.25, 0.3) is 0 Å². The lowest BCUT2D eigenvalue weighted by molar-refractivity contribution is -0.120. The second-order valence-electron chi connectivity index (χ2n) is 6.84. The first-order valence-electron chi connectivity index (χ1n) is 9.18. The average Bonchev–Trinajstić information content (AvgIpc) is 2.68. The number of piperazine rings is 1. The van der Waals surface area contributed by atoms with Crippen molar-refractivity contribution in [3.63, 3.8) is 0 Å². The van der Waals surface area contributed by atoms with Crippen molar-refractivity contribution < 1.29 is 9.53 Å². The second kappa shape index (κ2) is 8.63. The molecule has 1 heterocycles. The molecule has 2 aromatic rings. The van der Waals surface area contributed by atoms with Gasteiger partial charge in [0.15, 0.2) is 0 Å². The van der Waals surface area contributed by atoms with Crippen molar-refractivity contribution in [2.45, 2.75) is 19.9 Å². The van der Waals surface area contributed by atoms with Gasteiger partial charge >= 0.3 is 0 Å². The van der Waals surface area contributed by atoms with E-state index in [1.165, 1.54) is 0 Å². The first-order valence-corrected chi connectivity index (χ1v) is 9.56. The fraction of sp³-hybridized carbons (Fsp3) is 0.381. The lowest BCUT2D eigenvalue weighted by atomic mass is 10.1. The molecule has 6 heteroatoms. The van der Waals surface area contributed by atoms with Gasteiger partial charge in [-0.05, 0) is 43.7 Å². The van der Waals surface area contributed by atoms with Crippen LogP contribution in [0.3, 0.4) is 0 Å². The Hall–Kier alpha value is -2.24. The van der Waals surface area contributed by atoms with E-state index in [0.29, 0.717) is 11.4 Å². The molecule has 0 aliphatic carbocycles. The van der Waals surface area contributed by atoms with E-state index in [1.54, 1.807) is 7.11 Å². The van der Waals surface area contributed by atoms with Crippen molar-refractivity contribution in [3.8, 4) is 5.75 Å². The number of halogens is 1.